The molecule has 0 N–H and O–H groups in total. The zero-order chi connectivity index (χ0) is 12.4. The first kappa shape index (κ1) is 12.2. The number of hydrogen-bond donors (Lipinski definition) is 0. The average molecular weight is 244 g/mol. The van der Waals surface area contributed by atoms with E-state index in [0.717, 1.165) is 0 Å². The standard InChI is InChI=1S/C16H24N2/c1-2-18-13-10-16(18)9-12-17(14-16)11-8-15-6-4-3-5-7-15/h3-7H,2,8-14H2,1H3/t16-/m1/s1. The Morgan fingerprint density at radius 1 is 1.11 bits per heavy atom. The first-order chi connectivity index (χ1) is 8.82. The molecule has 0 saturated carbocycles. The highest BCUT2D eigenvalue weighted by Gasteiger charge is 2.47. The lowest BCUT2D eigenvalue weighted by atomic mass is 9.84. The van der Waals surface area contributed by atoms with Gasteiger partial charge in [0.15, 0.2) is 0 Å². The fourth-order valence-corrected chi connectivity index (χ4v) is 3.61. The van der Waals surface area contributed by atoms with Crippen LogP contribution in [0.4, 0.5) is 0 Å². The fourth-order valence-electron chi connectivity index (χ4n) is 3.61. The van der Waals surface area contributed by atoms with E-state index in [-0.39, 0.29) is 0 Å². The molecule has 2 fully saturated rings. The Bertz CT molecular complexity index is 387. The van der Waals surface area contributed by atoms with Gasteiger partial charge >= 0.3 is 0 Å². The van der Waals surface area contributed by atoms with Crippen molar-refractivity contribution in [3.8, 4) is 0 Å². The zero-order valence-electron chi connectivity index (χ0n) is 11.4. The predicted octanol–water partition coefficient (Wildman–Crippen LogP) is 2.40. The van der Waals surface area contributed by atoms with Crippen molar-refractivity contribution in [3.05, 3.63) is 35.9 Å². The summed E-state index contributed by atoms with van der Waals surface area (Å²) in [7, 11) is 0. The van der Waals surface area contributed by atoms with Crippen LogP contribution in [0.1, 0.15) is 25.3 Å². The highest BCUT2D eigenvalue weighted by atomic mass is 15.3. The van der Waals surface area contributed by atoms with Gasteiger partial charge in [0, 0.05) is 31.7 Å². The Morgan fingerprint density at radius 3 is 2.56 bits per heavy atom. The van der Waals surface area contributed by atoms with Gasteiger partial charge in [0.1, 0.15) is 0 Å². The highest BCUT2D eigenvalue weighted by Crippen LogP contribution is 2.38. The molecule has 1 spiro atoms. The predicted molar refractivity (Wildman–Crippen MR) is 75.8 cm³/mol. The molecule has 0 aromatic heterocycles. The van der Waals surface area contributed by atoms with Crippen LogP contribution >= 0.6 is 0 Å². The van der Waals surface area contributed by atoms with Crippen LogP contribution in [-0.4, -0.2) is 48.1 Å². The summed E-state index contributed by atoms with van der Waals surface area (Å²) in [6, 6.07) is 10.9. The van der Waals surface area contributed by atoms with Crippen molar-refractivity contribution >= 4 is 0 Å². The largest absolute Gasteiger partial charge is 0.301 e. The maximum Gasteiger partial charge on any atom is 0.0360 e. The number of rotatable bonds is 4. The van der Waals surface area contributed by atoms with Gasteiger partial charge in [-0.1, -0.05) is 37.3 Å². The van der Waals surface area contributed by atoms with E-state index >= 15 is 0 Å². The average Bonchev–Trinajstić information content (AvgIpc) is 2.84. The molecule has 1 aromatic carbocycles. The van der Waals surface area contributed by atoms with E-state index in [1.54, 1.807) is 0 Å². The molecule has 2 heterocycles. The third kappa shape index (κ3) is 2.19. The summed E-state index contributed by atoms with van der Waals surface area (Å²) in [5.74, 6) is 0. The normalized spacial score (nSPS) is 28.7. The highest BCUT2D eigenvalue weighted by molar-refractivity contribution is 5.15. The van der Waals surface area contributed by atoms with Crippen LogP contribution in [0, 0.1) is 0 Å². The van der Waals surface area contributed by atoms with Gasteiger partial charge in [0.25, 0.3) is 0 Å². The van der Waals surface area contributed by atoms with Gasteiger partial charge in [-0.15, -0.1) is 0 Å². The lowest BCUT2D eigenvalue weighted by molar-refractivity contribution is -0.00128. The summed E-state index contributed by atoms with van der Waals surface area (Å²) in [4.78, 5) is 5.34. The Hall–Kier alpha value is -0.860. The van der Waals surface area contributed by atoms with E-state index in [2.05, 4.69) is 47.1 Å². The van der Waals surface area contributed by atoms with Gasteiger partial charge in [-0.3, -0.25) is 4.90 Å². The molecule has 2 heteroatoms. The third-order valence-electron chi connectivity index (χ3n) is 4.87. The molecule has 1 atom stereocenters. The maximum absolute atomic E-state index is 2.68. The second kappa shape index (κ2) is 5.02. The van der Waals surface area contributed by atoms with E-state index in [1.165, 1.54) is 57.5 Å². The van der Waals surface area contributed by atoms with Crippen LogP contribution < -0.4 is 0 Å². The van der Waals surface area contributed by atoms with Gasteiger partial charge in [-0.25, -0.2) is 0 Å². The van der Waals surface area contributed by atoms with Gasteiger partial charge in [0.05, 0.1) is 0 Å². The molecule has 0 radical (unpaired) electrons. The number of benzene rings is 1. The van der Waals surface area contributed by atoms with Crippen molar-refractivity contribution in [2.75, 3.05) is 32.7 Å². The molecule has 2 aliphatic heterocycles. The van der Waals surface area contributed by atoms with Crippen molar-refractivity contribution in [3.63, 3.8) is 0 Å². The van der Waals surface area contributed by atoms with Crippen LogP contribution in [0.25, 0.3) is 0 Å². The Kier molecular flexibility index (Phi) is 3.40. The molecule has 1 aromatic rings. The molecular formula is C16H24N2. The van der Waals surface area contributed by atoms with Gasteiger partial charge < -0.3 is 4.90 Å². The first-order valence-corrected chi connectivity index (χ1v) is 7.34. The summed E-state index contributed by atoms with van der Waals surface area (Å²) in [5, 5.41) is 0. The molecule has 0 amide bonds. The van der Waals surface area contributed by atoms with Gasteiger partial charge in [0.2, 0.25) is 0 Å². The molecule has 0 bridgehead atoms. The van der Waals surface area contributed by atoms with Gasteiger partial charge in [-0.2, -0.15) is 0 Å². The van der Waals surface area contributed by atoms with Crippen molar-refractivity contribution < 1.29 is 0 Å². The summed E-state index contributed by atoms with van der Waals surface area (Å²) in [6.45, 7) is 8.67. The minimum absolute atomic E-state index is 0.561. The summed E-state index contributed by atoms with van der Waals surface area (Å²) in [5.41, 5.74) is 2.03. The van der Waals surface area contributed by atoms with E-state index in [4.69, 9.17) is 0 Å². The fraction of sp³-hybridized carbons (Fsp3) is 0.625. The molecule has 0 unspecified atom stereocenters. The summed E-state index contributed by atoms with van der Waals surface area (Å²) < 4.78 is 0. The zero-order valence-corrected chi connectivity index (χ0v) is 11.4. The van der Waals surface area contributed by atoms with E-state index in [9.17, 15) is 0 Å². The summed E-state index contributed by atoms with van der Waals surface area (Å²) >= 11 is 0. The molecule has 0 aliphatic carbocycles. The topological polar surface area (TPSA) is 6.48 Å². The van der Waals surface area contributed by atoms with Crippen molar-refractivity contribution in [2.24, 2.45) is 0 Å². The monoisotopic (exact) mass is 244 g/mol. The molecule has 98 valence electrons. The van der Waals surface area contributed by atoms with E-state index < -0.39 is 0 Å². The molecule has 2 saturated heterocycles. The number of likely N-dealkylation sites (tertiary alicyclic amines) is 2. The smallest absolute Gasteiger partial charge is 0.0360 e. The van der Waals surface area contributed by atoms with Crippen LogP contribution in [0.5, 0.6) is 0 Å². The molecule has 2 nitrogen and oxygen atoms in total. The first-order valence-electron chi connectivity index (χ1n) is 7.34. The Balaban J connectivity index is 1.51. The minimum atomic E-state index is 0.561. The number of likely N-dealkylation sites (N-methyl/N-ethyl adjacent to an activating group) is 1. The van der Waals surface area contributed by atoms with Crippen LogP contribution in [-0.2, 0) is 6.42 Å². The van der Waals surface area contributed by atoms with Crippen LogP contribution in [0.15, 0.2) is 30.3 Å². The lowest BCUT2D eigenvalue weighted by Gasteiger charge is -2.50. The Labute approximate surface area is 111 Å². The lowest BCUT2D eigenvalue weighted by Crippen LogP contribution is -2.60. The van der Waals surface area contributed by atoms with Crippen molar-refractivity contribution in [1.82, 2.24) is 9.80 Å². The van der Waals surface area contributed by atoms with Gasteiger partial charge in [-0.05, 0) is 31.4 Å². The second-order valence-electron chi connectivity index (χ2n) is 5.82. The van der Waals surface area contributed by atoms with Crippen LogP contribution in [0.3, 0.4) is 0 Å². The number of hydrogen-bond acceptors (Lipinski definition) is 2. The van der Waals surface area contributed by atoms with Crippen LogP contribution in [0.2, 0.25) is 0 Å². The van der Waals surface area contributed by atoms with E-state index in [1.807, 2.05) is 0 Å². The molecule has 2 aliphatic rings. The quantitative estimate of drug-likeness (QED) is 0.802. The van der Waals surface area contributed by atoms with Crippen molar-refractivity contribution in [1.29, 1.82) is 0 Å². The number of nitrogens with zero attached hydrogens (tertiary/aromatic N) is 2. The third-order valence-corrected chi connectivity index (χ3v) is 4.87. The molecular weight excluding hydrogens is 220 g/mol. The van der Waals surface area contributed by atoms with E-state index in [0.29, 0.717) is 5.54 Å². The Morgan fingerprint density at radius 2 is 1.89 bits per heavy atom. The SMILES string of the molecule is CCN1CC[C@@]12CCN(CCc1ccccc1)C2. The second-order valence-corrected chi connectivity index (χ2v) is 5.82. The summed E-state index contributed by atoms with van der Waals surface area (Å²) in [6.07, 6.45) is 4.00. The van der Waals surface area contributed by atoms with Crippen molar-refractivity contribution in [2.45, 2.75) is 31.7 Å². The minimum Gasteiger partial charge on any atom is -0.301 e. The maximum atomic E-state index is 2.68. The molecule has 3 rings (SSSR count). The molecule has 18 heavy (non-hydrogen) atoms.